The average molecular weight is 487 g/mol. The first-order chi connectivity index (χ1) is 16.5. The van der Waals surface area contributed by atoms with E-state index < -0.39 is 5.69 Å². The Labute approximate surface area is 201 Å². The van der Waals surface area contributed by atoms with Gasteiger partial charge in [0.2, 0.25) is 11.8 Å². The number of carbonyl (C=O) groups excluding carboxylic acids is 2. The number of carbonyl (C=O) groups is 2. The summed E-state index contributed by atoms with van der Waals surface area (Å²) in [5.41, 5.74) is -0.393. The third kappa shape index (κ3) is 5.16. The highest BCUT2D eigenvalue weighted by atomic mass is 32.1. The van der Waals surface area contributed by atoms with Crippen molar-refractivity contribution in [1.29, 1.82) is 0 Å². The highest BCUT2D eigenvalue weighted by molar-refractivity contribution is 7.17. The smallest absolute Gasteiger partial charge is 0.332 e. The van der Waals surface area contributed by atoms with Gasteiger partial charge in [-0.1, -0.05) is 6.92 Å². The van der Waals surface area contributed by atoms with Crippen molar-refractivity contribution in [3.63, 3.8) is 0 Å². The number of furan rings is 1. The van der Waals surface area contributed by atoms with Gasteiger partial charge in [0.25, 0.3) is 5.56 Å². The van der Waals surface area contributed by atoms with Crippen molar-refractivity contribution in [2.75, 3.05) is 6.54 Å². The molecule has 182 valence electrons. The van der Waals surface area contributed by atoms with E-state index in [1.54, 1.807) is 23.6 Å². The third-order valence-corrected chi connectivity index (χ3v) is 7.27. The Morgan fingerprint density at radius 3 is 2.82 bits per heavy atom. The monoisotopic (exact) mass is 486 g/mol. The minimum absolute atomic E-state index is 0.0908. The maximum atomic E-state index is 13.3. The number of piperidine rings is 1. The highest BCUT2D eigenvalue weighted by Crippen LogP contribution is 2.21. The zero-order valence-corrected chi connectivity index (χ0v) is 20.1. The van der Waals surface area contributed by atoms with E-state index in [4.69, 9.17) is 4.42 Å². The number of nitrogens with one attached hydrogen (secondary N) is 1. The van der Waals surface area contributed by atoms with Gasteiger partial charge in [0.05, 0.1) is 18.3 Å². The maximum absolute atomic E-state index is 13.3. The Balaban J connectivity index is 1.48. The number of thiophene rings is 1. The molecule has 3 aromatic heterocycles. The highest BCUT2D eigenvalue weighted by Gasteiger charge is 2.26. The van der Waals surface area contributed by atoms with Crippen molar-refractivity contribution in [2.24, 2.45) is 0 Å². The van der Waals surface area contributed by atoms with Crippen molar-refractivity contribution in [2.45, 2.75) is 71.1 Å². The van der Waals surface area contributed by atoms with Crippen LogP contribution >= 0.6 is 11.3 Å². The number of fused-ring (bicyclic) bond motifs is 1. The first-order valence-corrected chi connectivity index (χ1v) is 12.7. The van der Waals surface area contributed by atoms with Gasteiger partial charge in [-0.25, -0.2) is 4.79 Å². The maximum Gasteiger partial charge on any atom is 0.332 e. The first-order valence-electron chi connectivity index (χ1n) is 11.8. The Morgan fingerprint density at radius 2 is 2.06 bits per heavy atom. The molecule has 1 saturated heterocycles. The van der Waals surface area contributed by atoms with Crippen LogP contribution in [-0.4, -0.2) is 38.4 Å². The Bertz CT molecular complexity index is 1260. The molecule has 0 spiro atoms. The number of hydrogen-bond donors (Lipinski definition) is 1. The molecule has 2 amide bonds. The van der Waals surface area contributed by atoms with Crippen molar-refractivity contribution in [1.82, 2.24) is 19.4 Å². The van der Waals surface area contributed by atoms with Crippen molar-refractivity contribution in [3.8, 4) is 0 Å². The van der Waals surface area contributed by atoms with Crippen LogP contribution < -0.4 is 16.6 Å². The molecule has 0 bridgehead atoms. The van der Waals surface area contributed by atoms with E-state index in [2.05, 4.69) is 12.2 Å². The van der Waals surface area contributed by atoms with E-state index in [0.29, 0.717) is 28.9 Å². The van der Waals surface area contributed by atoms with Gasteiger partial charge in [0.1, 0.15) is 17.0 Å². The number of amides is 2. The molecule has 3 aromatic rings. The molecule has 0 aliphatic carbocycles. The largest absolute Gasteiger partial charge is 0.467 e. The van der Waals surface area contributed by atoms with Crippen molar-refractivity contribution >= 4 is 33.4 Å². The molecule has 10 heteroatoms. The molecule has 0 radical (unpaired) electrons. The second kappa shape index (κ2) is 10.9. The van der Waals surface area contributed by atoms with E-state index in [9.17, 15) is 19.2 Å². The predicted octanol–water partition coefficient (Wildman–Crippen LogP) is 2.71. The van der Waals surface area contributed by atoms with Crippen LogP contribution in [0.4, 0.5) is 0 Å². The zero-order valence-electron chi connectivity index (χ0n) is 19.3. The lowest BCUT2D eigenvalue weighted by atomic mass is 10.00. The van der Waals surface area contributed by atoms with Gasteiger partial charge in [0, 0.05) is 25.6 Å². The molecule has 4 rings (SSSR count). The fraction of sp³-hybridized carbons (Fsp3) is 0.500. The minimum atomic E-state index is -0.509. The Hall–Kier alpha value is -3.14. The van der Waals surface area contributed by atoms with E-state index in [1.807, 2.05) is 4.90 Å². The molecule has 1 fully saturated rings. The third-order valence-electron chi connectivity index (χ3n) is 6.37. The summed E-state index contributed by atoms with van der Waals surface area (Å²) in [6.07, 6.45) is 5.97. The van der Waals surface area contributed by atoms with Gasteiger partial charge >= 0.3 is 5.69 Å². The van der Waals surface area contributed by atoms with E-state index in [-0.39, 0.29) is 49.5 Å². The zero-order chi connectivity index (χ0) is 24.1. The van der Waals surface area contributed by atoms with Gasteiger partial charge in [0.15, 0.2) is 0 Å². The minimum Gasteiger partial charge on any atom is -0.467 e. The fourth-order valence-electron chi connectivity index (χ4n) is 4.55. The molecule has 34 heavy (non-hydrogen) atoms. The van der Waals surface area contributed by atoms with Crippen molar-refractivity contribution in [3.05, 3.63) is 56.4 Å². The number of likely N-dealkylation sites (tertiary alicyclic amines) is 1. The normalized spacial score (nSPS) is 16.1. The van der Waals surface area contributed by atoms with E-state index in [1.165, 1.54) is 22.2 Å². The van der Waals surface area contributed by atoms with Gasteiger partial charge in [-0.3, -0.25) is 23.5 Å². The molecule has 1 atom stereocenters. The number of nitrogens with zero attached hydrogens (tertiary/aromatic N) is 3. The van der Waals surface area contributed by atoms with Gasteiger partial charge < -0.3 is 14.6 Å². The van der Waals surface area contributed by atoms with Crippen molar-refractivity contribution < 1.29 is 14.0 Å². The lowest BCUT2D eigenvalue weighted by molar-refractivity contribution is -0.135. The van der Waals surface area contributed by atoms with Crippen LogP contribution in [-0.2, 0) is 29.2 Å². The summed E-state index contributed by atoms with van der Waals surface area (Å²) in [6, 6.07) is 5.43. The molecule has 1 aliphatic rings. The van der Waals surface area contributed by atoms with Crippen LogP contribution in [0.15, 0.2) is 43.8 Å². The van der Waals surface area contributed by atoms with Crippen LogP contribution in [0.1, 0.15) is 51.2 Å². The van der Waals surface area contributed by atoms with Gasteiger partial charge in [-0.2, -0.15) is 0 Å². The molecule has 0 aromatic carbocycles. The molecular formula is C24H30N4O5S. The van der Waals surface area contributed by atoms with Gasteiger partial charge in [-0.05, 0) is 55.7 Å². The van der Waals surface area contributed by atoms with Crippen LogP contribution in [0.3, 0.4) is 0 Å². The number of aromatic nitrogens is 2. The fourth-order valence-corrected chi connectivity index (χ4v) is 5.39. The molecule has 9 nitrogen and oxygen atoms in total. The molecule has 1 aliphatic heterocycles. The molecule has 0 saturated carbocycles. The Kier molecular flexibility index (Phi) is 7.66. The molecule has 0 unspecified atom stereocenters. The topological polar surface area (TPSA) is 107 Å². The number of rotatable bonds is 9. The molecule has 4 heterocycles. The summed E-state index contributed by atoms with van der Waals surface area (Å²) < 4.78 is 8.20. The first kappa shape index (κ1) is 24.0. The number of hydrogen-bond acceptors (Lipinski definition) is 6. The molecule has 1 N–H and O–H groups in total. The van der Waals surface area contributed by atoms with Crippen LogP contribution in [0, 0.1) is 0 Å². The van der Waals surface area contributed by atoms with E-state index in [0.717, 1.165) is 30.3 Å². The average Bonchev–Trinajstić information content (AvgIpc) is 3.55. The van der Waals surface area contributed by atoms with Crippen LogP contribution in [0.25, 0.3) is 10.2 Å². The lowest BCUT2D eigenvalue weighted by Gasteiger charge is -2.35. The SMILES string of the molecule is CC[C@@H]1CCCCN1C(=O)Cn1c(=O)n(CCCC(=O)NCc2ccco2)c(=O)c2sccc21. The van der Waals surface area contributed by atoms with Crippen LogP contribution in [0.2, 0.25) is 0 Å². The Morgan fingerprint density at radius 1 is 1.21 bits per heavy atom. The summed E-state index contributed by atoms with van der Waals surface area (Å²) in [5, 5.41) is 4.52. The summed E-state index contributed by atoms with van der Waals surface area (Å²) >= 11 is 1.26. The summed E-state index contributed by atoms with van der Waals surface area (Å²) in [7, 11) is 0. The standard InChI is InChI=1S/C24H30N4O5S/c1-2-17-7-3-4-11-26(17)21(30)16-28-19-10-14-34-22(19)23(31)27(24(28)32)12-5-9-20(29)25-15-18-8-6-13-33-18/h6,8,10,13-14,17H,2-5,7,9,11-12,15-16H2,1H3,(H,25,29)/t17-/m1/s1. The predicted molar refractivity (Wildman–Crippen MR) is 130 cm³/mol. The summed E-state index contributed by atoms with van der Waals surface area (Å²) in [6.45, 7) is 3.08. The van der Waals surface area contributed by atoms with Crippen LogP contribution in [0.5, 0.6) is 0 Å². The second-order valence-corrected chi connectivity index (χ2v) is 9.48. The second-order valence-electron chi connectivity index (χ2n) is 8.57. The van der Waals surface area contributed by atoms with Gasteiger partial charge in [-0.15, -0.1) is 11.3 Å². The molecular weight excluding hydrogens is 456 g/mol. The summed E-state index contributed by atoms with van der Waals surface area (Å²) in [5.74, 6) is 0.371. The summed E-state index contributed by atoms with van der Waals surface area (Å²) in [4.78, 5) is 53.4. The quantitative estimate of drug-likeness (QED) is 0.501. The van der Waals surface area contributed by atoms with E-state index >= 15 is 0 Å². The lowest BCUT2D eigenvalue weighted by Crippen LogP contribution is -2.47.